The fourth-order valence-electron chi connectivity index (χ4n) is 2.39. The Hall–Kier alpha value is 0.610. The Labute approximate surface area is 126 Å². The summed E-state index contributed by atoms with van der Waals surface area (Å²) in [6, 6.07) is 0. The molecule has 0 bridgehead atoms. The van der Waals surface area contributed by atoms with Crippen molar-refractivity contribution in [1.29, 1.82) is 0 Å². The van der Waals surface area contributed by atoms with E-state index in [1.165, 1.54) is 0 Å². The predicted octanol–water partition coefficient (Wildman–Crippen LogP) is 1.59. The molecule has 20 heavy (non-hydrogen) atoms. The summed E-state index contributed by atoms with van der Waals surface area (Å²) in [5.74, 6) is 0. The van der Waals surface area contributed by atoms with Gasteiger partial charge in [-0.15, -0.1) is 0 Å². The van der Waals surface area contributed by atoms with E-state index >= 15 is 0 Å². The summed E-state index contributed by atoms with van der Waals surface area (Å²) >= 11 is 0.444. The molecule has 0 aromatic carbocycles. The number of unbranched alkanes of at least 4 members (excludes halogenated alkanes) is 1. The van der Waals surface area contributed by atoms with E-state index < -0.39 is 19.3 Å². The molecule has 2 aliphatic rings. The van der Waals surface area contributed by atoms with Crippen LogP contribution < -0.4 is 0 Å². The van der Waals surface area contributed by atoms with Crippen molar-refractivity contribution in [3.63, 3.8) is 0 Å². The molecule has 118 valence electrons. The van der Waals surface area contributed by atoms with Crippen molar-refractivity contribution in [2.75, 3.05) is 33.0 Å². The Morgan fingerprint density at radius 1 is 1.25 bits per heavy atom. The molecule has 2 rings (SSSR count). The van der Waals surface area contributed by atoms with Crippen LogP contribution in [0.4, 0.5) is 0 Å². The first kappa shape index (κ1) is 17.0. The fourth-order valence-corrected chi connectivity index (χ4v) is 5.44. The number of hydrogen-bond acceptors (Lipinski definition) is 6. The van der Waals surface area contributed by atoms with Crippen molar-refractivity contribution in [2.45, 2.75) is 42.1 Å². The quantitative estimate of drug-likeness (QED) is 0.276. The number of rotatable bonds is 9. The third-order valence-electron chi connectivity index (χ3n) is 4.07. The molecule has 1 aliphatic heterocycles. The van der Waals surface area contributed by atoms with Gasteiger partial charge < -0.3 is 0 Å². The average Bonchev–Trinajstić information content (AvgIpc) is 3.15. The van der Waals surface area contributed by atoms with Crippen molar-refractivity contribution < 1.29 is 22.1 Å². The molecule has 1 saturated heterocycles. The molecule has 0 aromatic rings. The van der Waals surface area contributed by atoms with E-state index in [4.69, 9.17) is 13.7 Å². The van der Waals surface area contributed by atoms with Gasteiger partial charge in [0.25, 0.3) is 0 Å². The van der Waals surface area contributed by atoms with Crippen LogP contribution in [0.3, 0.4) is 0 Å². The van der Waals surface area contributed by atoms with Crippen molar-refractivity contribution in [3.8, 4) is 0 Å². The third-order valence-corrected chi connectivity index (χ3v) is 7.82. The molecule has 0 N–H and O–H groups in total. The van der Waals surface area contributed by atoms with Gasteiger partial charge in [-0.2, -0.15) is 0 Å². The Kier molecular flexibility index (Phi) is 5.77. The minimum atomic E-state index is -3.33. The summed E-state index contributed by atoms with van der Waals surface area (Å²) < 4.78 is 40.2. The fraction of sp³-hybridized carbons (Fsp3) is 1.00. The third kappa shape index (κ3) is 3.03. The van der Waals surface area contributed by atoms with Gasteiger partial charge in [-0.1, -0.05) is 0 Å². The van der Waals surface area contributed by atoms with Crippen LogP contribution in [0.2, 0.25) is 0 Å². The first-order valence-corrected chi connectivity index (χ1v) is 10.3. The van der Waals surface area contributed by atoms with Crippen LogP contribution >= 0.6 is 7.81 Å². The molecule has 1 heterocycles. The van der Waals surface area contributed by atoms with Crippen LogP contribution in [0, 0.1) is 0 Å². The molecule has 0 atom stereocenters. The SMILES string of the molecule is CCCCOCC1(S(=O)(=O)C2(CO[SH-]#P)COC2)CC1. The normalized spacial score (nSPS) is 23.2. The maximum absolute atomic E-state index is 12.9. The summed E-state index contributed by atoms with van der Waals surface area (Å²) in [6.45, 7) is 3.60. The Morgan fingerprint density at radius 2 is 1.95 bits per heavy atom. The van der Waals surface area contributed by atoms with Crippen LogP contribution in [0.15, 0.2) is 0 Å². The van der Waals surface area contributed by atoms with E-state index in [0.29, 0.717) is 37.1 Å². The zero-order valence-electron chi connectivity index (χ0n) is 11.7. The van der Waals surface area contributed by atoms with Crippen molar-refractivity contribution >= 4 is 28.7 Å². The Morgan fingerprint density at radius 3 is 2.40 bits per heavy atom. The molecular formula is C12H22O5PS2-. The number of hydrogen-bond donors (Lipinski definition) is 0. The van der Waals surface area contributed by atoms with Crippen LogP contribution in [-0.4, -0.2) is 50.9 Å². The molecule has 1 aliphatic carbocycles. The zero-order chi connectivity index (χ0) is 14.7. The van der Waals surface area contributed by atoms with Crippen molar-refractivity contribution in [2.24, 2.45) is 0 Å². The zero-order valence-corrected chi connectivity index (χ0v) is 14.3. The molecule has 0 aromatic heterocycles. The summed E-state index contributed by atoms with van der Waals surface area (Å²) in [4.78, 5) is 0. The Balaban J connectivity index is 2.03. The van der Waals surface area contributed by atoms with Gasteiger partial charge in [0, 0.05) is 0 Å². The van der Waals surface area contributed by atoms with E-state index in [1.807, 2.05) is 0 Å². The van der Waals surface area contributed by atoms with Gasteiger partial charge in [-0.05, 0) is 0 Å². The molecule has 0 spiro atoms. The van der Waals surface area contributed by atoms with E-state index in [-0.39, 0.29) is 19.8 Å². The van der Waals surface area contributed by atoms with Crippen molar-refractivity contribution in [3.05, 3.63) is 0 Å². The summed E-state index contributed by atoms with van der Waals surface area (Å²) in [5.41, 5.74) is 0. The molecule has 5 nitrogen and oxygen atoms in total. The van der Waals surface area contributed by atoms with E-state index in [2.05, 4.69) is 14.7 Å². The van der Waals surface area contributed by atoms with Crippen LogP contribution in [0.25, 0.3) is 0 Å². The first-order valence-electron chi connectivity index (χ1n) is 6.90. The van der Waals surface area contributed by atoms with Gasteiger partial charge in [0.15, 0.2) is 0 Å². The van der Waals surface area contributed by atoms with Gasteiger partial charge in [0.2, 0.25) is 0 Å². The summed E-state index contributed by atoms with van der Waals surface area (Å²) in [7, 11) is 0.624. The summed E-state index contributed by atoms with van der Waals surface area (Å²) in [5, 5.41) is 0. The molecular weight excluding hydrogens is 319 g/mol. The molecule has 0 unspecified atom stereocenters. The van der Waals surface area contributed by atoms with Crippen molar-refractivity contribution in [1.82, 2.24) is 0 Å². The molecule has 2 fully saturated rings. The monoisotopic (exact) mass is 341 g/mol. The molecule has 0 radical (unpaired) electrons. The van der Waals surface area contributed by atoms with Gasteiger partial charge in [-0.3, -0.25) is 0 Å². The average molecular weight is 341 g/mol. The predicted molar refractivity (Wildman–Crippen MR) is 81.8 cm³/mol. The van der Waals surface area contributed by atoms with Gasteiger partial charge >= 0.3 is 126 Å². The minimum absolute atomic E-state index is 0.150. The van der Waals surface area contributed by atoms with Gasteiger partial charge in [-0.25, -0.2) is 0 Å². The molecule has 0 amide bonds. The van der Waals surface area contributed by atoms with Crippen LogP contribution in [0.5, 0.6) is 0 Å². The van der Waals surface area contributed by atoms with Gasteiger partial charge in [0.1, 0.15) is 0 Å². The van der Waals surface area contributed by atoms with E-state index in [0.717, 1.165) is 12.8 Å². The van der Waals surface area contributed by atoms with E-state index in [1.54, 1.807) is 0 Å². The molecule has 1 saturated carbocycles. The molecule has 8 heteroatoms. The van der Waals surface area contributed by atoms with E-state index in [9.17, 15) is 8.42 Å². The second-order valence-electron chi connectivity index (χ2n) is 5.62. The second-order valence-corrected chi connectivity index (χ2v) is 9.27. The van der Waals surface area contributed by atoms with Crippen LogP contribution in [0.1, 0.15) is 32.6 Å². The van der Waals surface area contributed by atoms with Gasteiger partial charge in [0.05, 0.1) is 0 Å². The first-order chi connectivity index (χ1) is 9.54. The Bertz CT molecular complexity index is 477. The number of sulfone groups is 1. The maximum atomic E-state index is 12.9. The van der Waals surface area contributed by atoms with Crippen LogP contribution in [-0.2, 0) is 34.5 Å². The number of thiol groups is 1. The number of ether oxygens (including phenoxy) is 2. The summed E-state index contributed by atoms with van der Waals surface area (Å²) in [6.07, 6.45) is 3.38. The standard InChI is InChI=1S/C12H22O5PS2/c1-2-3-6-15-7-11(4-5-11)20(13,14)12(8-16-9-12)10-17-19-18/h19H,2-10H2,1H3/q-1. The second kappa shape index (κ2) is 6.80. The topological polar surface area (TPSA) is 61.8 Å².